The standard InChI is InChI=1S/C11H14O3S/c1-15-9-4-2-8(3-5-9)10(12)6-7-11(13)14/h2-5,10,12H,6-7H2,1H3,(H,13,14). The molecule has 0 aliphatic rings. The highest BCUT2D eigenvalue weighted by Gasteiger charge is 2.09. The molecule has 3 nitrogen and oxygen atoms in total. The van der Waals surface area contributed by atoms with Crippen LogP contribution in [0.25, 0.3) is 0 Å². The van der Waals surface area contributed by atoms with Crippen LogP contribution in [0.3, 0.4) is 0 Å². The van der Waals surface area contributed by atoms with Gasteiger partial charge in [0.05, 0.1) is 6.10 Å². The third-order valence-electron chi connectivity index (χ3n) is 2.13. The Labute approximate surface area is 93.1 Å². The maximum atomic E-state index is 10.3. The third-order valence-corrected chi connectivity index (χ3v) is 2.88. The van der Waals surface area contributed by atoms with Crippen molar-refractivity contribution in [2.24, 2.45) is 0 Å². The van der Waals surface area contributed by atoms with Crippen LogP contribution in [0.1, 0.15) is 24.5 Å². The van der Waals surface area contributed by atoms with Gasteiger partial charge in [-0.25, -0.2) is 0 Å². The first-order valence-corrected chi connectivity index (χ1v) is 5.89. The Balaban J connectivity index is 2.57. The lowest BCUT2D eigenvalue weighted by molar-refractivity contribution is -0.137. The van der Waals surface area contributed by atoms with Gasteiger partial charge in [-0.05, 0) is 30.4 Å². The molecule has 0 aliphatic heterocycles. The van der Waals surface area contributed by atoms with Gasteiger partial charge in [0, 0.05) is 11.3 Å². The maximum Gasteiger partial charge on any atom is 0.303 e. The summed E-state index contributed by atoms with van der Waals surface area (Å²) in [5, 5.41) is 18.1. The number of rotatable bonds is 5. The number of hydrogen-bond donors (Lipinski definition) is 2. The number of carboxylic acids is 1. The van der Waals surface area contributed by atoms with E-state index < -0.39 is 12.1 Å². The van der Waals surface area contributed by atoms with Crippen molar-refractivity contribution in [1.29, 1.82) is 0 Å². The van der Waals surface area contributed by atoms with Crippen LogP contribution in [-0.4, -0.2) is 22.4 Å². The van der Waals surface area contributed by atoms with Gasteiger partial charge in [-0.1, -0.05) is 12.1 Å². The van der Waals surface area contributed by atoms with Crippen LogP contribution >= 0.6 is 11.8 Å². The van der Waals surface area contributed by atoms with E-state index in [0.29, 0.717) is 0 Å². The first-order valence-electron chi connectivity index (χ1n) is 4.67. The highest BCUT2D eigenvalue weighted by atomic mass is 32.2. The van der Waals surface area contributed by atoms with E-state index in [0.717, 1.165) is 10.5 Å². The Hall–Kier alpha value is -1.00. The van der Waals surface area contributed by atoms with E-state index >= 15 is 0 Å². The van der Waals surface area contributed by atoms with E-state index in [1.165, 1.54) is 0 Å². The molecule has 82 valence electrons. The molecule has 15 heavy (non-hydrogen) atoms. The second-order valence-corrected chi connectivity index (χ2v) is 4.10. The minimum absolute atomic E-state index is 0.00849. The summed E-state index contributed by atoms with van der Waals surface area (Å²) in [6.45, 7) is 0. The summed E-state index contributed by atoms with van der Waals surface area (Å²) in [6.07, 6.45) is 1.55. The van der Waals surface area contributed by atoms with Crippen molar-refractivity contribution < 1.29 is 15.0 Å². The van der Waals surface area contributed by atoms with Gasteiger partial charge >= 0.3 is 5.97 Å². The highest BCUT2D eigenvalue weighted by molar-refractivity contribution is 7.98. The lowest BCUT2D eigenvalue weighted by Crippen LogP contribution is -2.02. The molecule has 0 radical (unpaired) electrons. The average molecular weight is 226 g/mol. The molecule has 2 N–H and O–H groups in total. The summed E-state index contributed by atoms with van der Waals surface area (Å²) in [5.74, 6) is -0.880. The quantitative estimate of drug-likeness (QED) is 0.756. The summed E-state index contributed by atoms with van der Waals surface area (Å²) in [5.41, 5.74) is 0.772. The molecule has 0 aliphatic carbocycles. The van der Waals surface area contributed by atoms with Gasteiger partial charge in [0.15, 0.2) is 0 Å². The van der Waals surface area contributed by atoms with Gasteiger partial charge in [-0.3, -0.25) is 4.79 Å². The summed E-state index contributed by atoms with van der Waals surface area (Å²) in [7, 11) is 0. The van der Waals surface area contributed by atoms with Crippen molar-refractivity contribution in [2.45, 2.75) is 23.8 Å². The minimum atomic E-state index is -0.880. The van der Waals surface area contributed by atoms with Crippen molar-refractivity contribution >= 4 is 17.7 Å². The number of carbonyl (C=O) groups is 1. The van der Waals surface area contributed by atoms with Crippen LogP contribution in [0.5, 0.6) is 0 Å². The Morgan fingerprint density at radius 2 is 2.00 bits per heavy atom. The molecule has 1 aromatic rings. The van der Waals surface area contributed by atoms with Crippen molar-refractivity contribution in [3.8, 4) is 0 Å². The molecule has 0 saturated carbocycles. The van der Waals surface area contributed by atoms with E-state index in [-0.39, 0.29) is 12.8 Å². The van der Waals surface area contributed by atoms with Crippen molar-refractivity contribution in [3.63, 3.8) is 0 Å². The number of thioether (sulfide) groups is 1. The monoisotopic (exact) mass is 226 g/mol. The first kappa shape index (κ1) is 12.1. The Morgan fingerprint density at radius 1 is 1.40 bits per heavy atom. The summed E-state index contributed by atoms with van der Waals surface area (Å²) in [4.78, 5) is 11.4. The summed E-state index contributed by atoms with van der Waals surface area (Å²) in [6, 6.07) is 7.50. The fourth-order valence-corrected chi connectivity index (χ4v) is 1.66. The van der Waals surface area contributed by atoms with Crippen LogP contribution in [0.4, 0.5) is 0 Å². The molecule has 0 spiro atoms. The van der Waals surface area contributed by atoms with E-state index in [2.05, 4.69) is 0 Å². The minimum Gasteiger partial charge on any atom is -0.481 e. The van der Waals surface area contributed by atoms with Crippen LogP contribution in [0.2, 0.25) is 0 Å². The molecule has 4 heteroatoms. The fraction of sp³-hybridized carbons (Fsp3) is 0.364. The van der Waals surface area contributed by atoms with E-state index in [1.54, 1.807) is 11.8 Å². The van der Waals surface area contributed by atoms with Gasteiger partial charge in [0.1, 0.15) is 0 Å². The van der Waals surface area contributed by atoms with Crippen LogP contribution < -0.4 is 0 Å². The number of hydrogen-bond acceptors (Lipinski definition) is 3. The van der Waals surface area contributed by atoms with Crippen LogP contribution in [0, 0.1) is 0 Å². The molecule has 1 rings (SSSR count). The summed E-state index contributed by atoms with van der Waals surface area (Å²) < 4.78 is 0. The SMILES string of the molecule is CSc1ccc(C(O)CCC(=O)O)cc1. The first-order chi connectivity index (χ1) is 7.13. The molecule has 1 unspecified atom stereocenters. The van der Waals surface area contributed by atoms with Gasteiger partial charge in [0.2, 0.25) is 0 Å². The summed E-state index contributed by atoms with van der Waals surface area (Å²) >= 11 is 1.63. The zero-order chi connectivity index (χ0) is 11.3. The molecular formula is C11H14O3S. The number of carboxylic acid groups (broad SMARTS) is 1. The topological polar surface area (TPSA) is 57.5 Å². The number of benzene rings is 1. The molecule has 0 aromatic heterocycles. The normalized spacial score (nSPS) is 12.4. The molecule has 0 saturated heterocycles. The van der Waals surface area contributed by atoms with Crippen LogP contribution in [-0.2, 0) is 4.79 Å². The van der Waals surface area contributed by atoms with Gasteiger partial charge < -0.3 is 10.2 Å². The largest absolute Gasteiger partial charge is 0.481 e. The van der Waals surface area contributed by atoms with Crippen LogP contribution in [0.15, 0.2) is 29.2 Å². The second kappa shape index (κ2) is 5.78. The zero-order valence-corrected chi connectivity index (χ0v) is 9.33. The van der Waals surface area contributed by atoms with E-state index in [1.807, 2.05) is 30.5 Å². The van der Waals surface area contributed by atoms with E-state index in [4.69, 9.17) is 5.11 Å². The number of aliphatic hydroxyl groups is 1. The van der Waals surface area contributed by atoms with Crippen molar-refractivity contribution in [2.75, 3.05) is 6.26 Å². The molecule has 0 fully saturated rings. The molecular weight excluding hydrogens is 212 g/mol. The van der Waals surface area contributed by atoms with Gasteiger partial charge in [-0.15, -0.1) is 11.8 Å². The lowest BCUT2D eigenvalue weighted by atomic mass is 10.1. The second-order valence-electron chi connectivity index (χ2n) is 3.22. The Bertz CT molecular complexity index is 321. The molecule has 0 bridgehead atoms. The Morgan fingerprint density at radius 3 is 2.47 bits per heavy atom. The molecule has 0 amide bonds. The highest BCUT2D eigenvalue weighted by Crippen LogP contribution is 2.21. The maximum absolute atomic E-state index is 10.3. The van der Waals surface area contributed by atoms with E-state index in [9.17, 15) is 9.90 Å². The third kappa shape index (κ3) is 3.93. The fourth-order valence-electron chi connectivity index (χ4n) is 1.25. The Kier molecular flexibility index (Phi) is 4.65. The van der Waals surface area contributed by atoms with Crippen molar-refractivity contribution in [3.05, 3.63) is 29.8 Å². The predicted molar refractivity (Wildman–Crippen MR) is 60.1 cm³/mol. The molecule has 1 atom stereocenters. The average Bonchev–Trinajstić information content (AvgIpc) is 2.26. The number of aliphatic carboxylic acids is 1. The molecule has 0 heterocycles. The van der Waals surface area contributed by atoms with Gasteiger partial charge in [0.25, 0.3) is 0 Å². The smallest absolute Gasteiger partial charge is 0.303 e. The lowest BCUT2D eigenvalue weighted by Gasteiger charge is -2.09. The number of aliphatic hydroxyl groups excluding tert-OH is 1. The predicted octanol–water partition coefficient (Wildman–Crippen LogP) is 2.31. The molecule has 1 aromatic carbocycles. The zero-order valence-electron chi connectivity index (χ0n) is 8.51. The van der Waals surface area contributed by atoms with Crippen molar-refractivity contribution in [1.82, 2.24) is 0 Å². The van der Waals surface area contributed by atoms with Gasteiger partial charge in [-0.2, -0.15) is 0 Å².